The van der Waals surface area contributed by atoms with Crippen LogP contribution in [-0.4, -0.2) is 37.1 Å². The predicted molar refractivity (Wildman–Crippen MR) is 61.2 cm³/mol. The second kappa shape index (κ2) is 6.86. The van der Waals surface area contributed by atoms with E-state index in [9.17, 15) is 0 Å². The van der Waals surface area contributed by atoms with E-state index in [1.165, 1.54) is 38.9 Å². The average molecular weight is 194 g/mol. The van der Waals surface area contributed by atoms with Crippen molar-refractivity contribution >= 4 is 0 Å². The topological polar surface area (TPSA) is 15.3 Å². The molecule has 0 aliphatic carbocycles. The third-order valence-electron chi connectivity index (χ3n) is 2.88. The van der Waals surface area contributed by atoms with Crippen molar-refractivity contribution in [3.05, 3.63) is 0 Å². The Bertz CT molecular complexity index is 177. The van der Waals surface area contributed by atoms with E-state index in [1.54, 1.807) is 0 Å². The fourth-order valence-electron chi connectivity index (χ4n) is 2.14. The molecule has 1 rings (SSSR count). The van der Waals surface area contributed by atoms with Gasteiger partial charge in [-0.25, -0.2) is 0 Å². The quantitative estimate of drug-likeness (QED) is 0.667. The highest BCUT2D eigenvalue weighted by Crippen LogP contribution is 2.12. The average Bonchev–Trinajstić information content (AvgIpc) is 2.25. The minimum Gasteiger partial charge on any atom is -0.317 e. The summed E-state index contributed by atoms with van der Waals surface area (Å²) in [6, 6.07) is 0.768. The molecule has 0 aromatic heterocycles. The first kappa shape index (κ1) is 11.6. The molecule has 0 aromatic rings. The van der Waals surface area contributed by atoms with Gasteiger partial charge in [-0.2, -0.15) is 0 Å². The van der Waals surface area contributed by atoms with Crippen LogP contribution in [0, 0.1) is 12.3 Å². The van der Waals surface area contributed by atoms with Crippen molar-refractivity contribution in [1.29, 1.82) is 0 Å². The molecule has 0 atom stereocenters. The summed E-state index contributed by atoms with van der Waals surface area (Å²) in [5, 5.41) is 3.40. The molecule has 0 unspecified atom stereocenters. The molecule has 2 nitrogen and oxygen atoms in total. The normalized spacial score (nSPS) is 18.4. The molecule has 0 spiro atoms. The van der Waals surface area contributed by atoms with Crippen molar-refractivity contribution in [2.45, 2.75) is 38.6 Å². The number of hydrogen-bond acceptors (Lipinski definition) is 2. The Morgan fingerprint density at radius 1 is 1.36 bits per heavy atom. The van der Waals surface area contributed by atoms with E-state index in [0.29, 0.717) is 0 Å². The minimum absolute atomic E-state index is 0.768. The second-order valence-corrected chi connectivity index (χ2v) is 3.97. The summed E-state index contributed by atoms with van der Waals surface area (Å²) in [4.78, 5) is 2.57. The van der Waals surface area contributed by atoms with Gasteiger partial charge in [0.15, 0.2) is 0 Å². The summed E-state index contributed by atoms with van der Waals surface area (Å²) < 4.78 is 0. The summed E-state index contributed by atoms with van der Waals surface area (Å²) in [6.07, 6.45) is 10.0. The summed E-state index contributed by atoms with van der Waals surface area (Å²) >= 11 is 0. The Hall–Kier alpha value is -0.520. The third kappa shape index (κ3) is 3.69. The molecule has 0 aromatic carbocycles. The summed E-state index contributed by atoms with van der Waals surface area (Å²) in [7, 11) is 0. The SMILES string of the molecule is C#CCCN(CCC)C1CCNCC1. The number of rotatable bonds is 5. The maximum absolute atomic E-state index is 5.31. The Morgan fingerprint density at radius 2 is 2.07 bits per heavy atom. The van der Waals surface area contributed by atoms with Crippen LogP contribution in [0.15, 0.2) is 0 Å². The molecule has 0 bridgehead atoms. The number of piperidine rings is 1. The number of nitrogens with one attached hydrogen (secondary N) is 1. The van der Waals surface area contributed by atoms with Crippen LogP contribution in [0.1, 0.15) is 32.6 Å². The van der Waals surface area contributed by atoms with Gasteiger partial charge in [0.05, 0.1) is 0 Å². The van der Waals surface area contributed by atoms with Crippen molar-refractivity contribution in [1.82, 2.24) is 10.2 Å². The van der Waals surface area contributed by atoms with E-state index in [0.717, 1.165) is 19.0 Å². The van der Waals surface area contributed by atoms with Crippen molar-refractivity contribution in [2.24, 2.45) is 0 Å². The van der Waals surface area contributed by atoms with Crippen molar-refractivity contribution < 1.29 is 0 Å². The molecule has 1 N–H and O–H groups in total. The molecule has 0 saturated carbocycles. The number of terminal acetylenes is 1. The molecule has 14 heavy (non-hydrogen) atoms. The van der Waals surface area contributed by atoms with Gasteiger partial charge >= 0.3 is 0 Å². The van der Waals surface area contributed by atoms with Crippen LogP contribution in [0.25, 0.3) is 0 Å². The van der Waals surface area contributed by atoms with Gasteiger partial charge in [0.1, 0.15) is 0 Å². The molecule has 1 heterocycles. The van der Waals surface area contributed by atoms with Gasteiger partial charge in [0, 0.05) is 19.0 Å². The molecule has 2 heteroatoms. The van der Waals surface area contributed by atoms with Gasteiger partial charge in [-0.05, 0) is 38.9 Å². The highest BCUT2D eigenvalue weighted by molar-refractivity contribution is 4.86. The lowest BCUT2D eigenvalue weighted by molar-refractivity contribution is 0.165. The highest BCUT2D eigenvalue weighted by Gasteiger charge is 2.19. The number of nitrogens with zero attached hydrogens (tertiary/aromatic N) is 1. The van der Waals surface area contributed by atoms with E-state index in [4.69, 9.17) is 6.42 Å². The third-order valence-corrected chi connectivity index (χ3v) is 2.88. The maximum atomic E-state index is 5.31. The minimum atomic E-state index is 0.768. The van der Waals surface area contributed by atoms with Crippen LogP contribution < -0.4 is 5.32 Å². The summed E-state index contributed by atoms with van der Waals surface area (Å²) in [5.74, 6) is 2.74. The van der Waals surface area contributed by atoms with Crippen LogP contribution in [0.5, 0.6) is 0 Å². The zero-order chi connectivity index (χ0) is 10.2. The zero-order valence-electron chi connectivity index (χ0n) is 9.26. The molecule has 1 aliphatic rings. The molecular weight excluding hydrogens is 172 g/mol. The Morgan fingerprint density at radius 3 is 2.64 bits per heavy atom. The second-order valence-electron chi connectivity index (χ2n) is 3.97. The molecule has 1 aliphatic heterocycles. The fraction of sp³-hybridized carbons (Fsp3) is 0.833. The zero-order valence-corrected chi connectivity index (χ0v) is 9.26. The van der Waals surface area contributed by atoms with Gasteiger partial charge < -0.3 is 5.32 Å². The monoisotopic (exact) mass is 194 g/mol. The molecule has 0 amide bonds. The standard InChI is InChI=1S/C12H22N2/c1-3-5-11-14(10-4-2)12-6-8-13-9-7-12/h1,12-13H,4-11H2,2H3. The van der Waals surface area contributed by atoms with Crippen LogP contribution >= 0.6 is 0 Å². The first-order valence-corrected chi connectivity index (χ1v) is 5.76. The van der Waals surface area contributed by atoms with E-state index in [-0.39, 0.29) is 0 Å². The van der Waals surface area contributed by atoms with Gasteiger partial charge in [0.2, 0.25) is 0 Å². The lowest BCUT2D eigenvalue weighted by Gasteiger charge is -2.34. The highest BCUT2D eigenvalue weighted by atomic mass is 15.2. The lowest BCUT2D eigenvalue weighted by Crippen LogP contribution is -2.43. The van der Waals surface area contributed by atoms with E-state index in [2.05, 4.69) is 23.1 Å². The predicted octanol–water partition coefficient (Wildman–Crippen LogP) is 1.47. The Kier molecular flexibility index (Phi) is 5.66. The van der Waals surface area contributed by atoms with Crippen LogP contribution in [0.3, 0.4) is 0 Å². The van der Waals surface area contributed by atoms with E-state index < -0.39 is 0 Å². The first-order valence-electron chi connectivity index (χ1n) is 5.76. The van der Waals surface area contributed by atoms with E-state index in [1.807, 2.05) is 0 Å². The number of hydrogen-bond donors (Lipinski definition) is 1. The molecule has 0 radical (unpaired) electrons. The van der Waals surface area contributed by atoms with Crippen molar-refractivity contribution in [3.8, 4) is 12.3 Å². The van der Waals surface area contributed by atoms with Crippen LogP contribution in [-0.2, 0) is 0 Å². The van der Waals surface area contributed by atoms with Gasteiger partial charge in [-0.15, -0.1) is 12.3 Å². The fourth-order valence-corrected chi connectivity index (χ4v) is 2.14. The molecule has 1 fully saturated rings. The van der Waals surface area contributed by atoms with Crippen LogP contribution in [0.4, 0.5) is 0 Å². The summed E-state index contributed by atoms with van der Waals surface area (Å²) in [5.41, 5.74) is 0. The Balaban J connectivity index is 2.35. The van der Waals surface area contributed by atoms with Crippen molar-refractivity contribution in [3.63, 3.8) is 0 Å². The van der Waals surface area contributed by atoms with E-state index >= 15 is 0 Å². The first-order chi connectivity index (χ1) is 6.88. The van der Waals surface area contributed by atoms with Gasteiger partial charge in [0.25, 0.3) is 0 Å². The molecular formula is C12H22N2. The largest absolute Gasteiger partial charge is 0.317 e. The van der Waals surface area contributed by atoms with Crippen molar-refractivity contribution in [2.75, 3.05) is 26.2 Å². The van der Waals surface area contributed by atoms with Crippen LogP contribution in [0.2, 0.25) is 0 Å². The lowest BCUT2D eigenvalue weighted by atomic mass is 10.0. The molecule has 80 valence electrons. The smallest absolute Gasteiger partial charge is 0.0214 e. The molecule has 1 saturated heterocycles. The summed E-state index contributed by atoms with van der Waals surface area (Å²) in [6.45, 7) is 6.85. The Labute approximate surface area is 88.1 Å². The van der Waals surface area contributed by atoms with Gasteiger partial charge in [-0.1, -0.05) is 6.92 Å². The van der Waals surface area contributed by atoms with Gasteiger partial charge in [-0.3, -0.25) is 4.90 Å². The maximum Gasteiger partial charge on any atom is 0.0214 e.